The number of rotatable bonds is 5. The van der Waals surface area contributed by atoms with Crippen LogP contribution in [0.4, 0.5) is 5.82 Å². The molecule has 0 radical (unpaired) electrons. The number of pyridine rings is 1. The number of aliphatic hydroxyl groups is 1. The van der Waals surface area contributed by atoms with Gasteiger partial charge in [-0.2, -0.15) is 0 Å². The van der Waals surface area contributed by atoms with Crippen LogP contribution in [0.25, 0.3) is 0 Å². The second kappa shape index (κ2) is 6.74. The van der Waals surface area contributed by atoms with E-state index in [0.717, 1.165) is 57.0 Å². The third-order valence-corrected chi connectivity index (χ3v) is 4.13. The summed E-state index contributed by atoms with van der Waals surface area (Å²) in [5, 5.41) is 14.0. The van der Waals surface area contributed by atoms with Crippen LogP contribution >= 0.6 is 11.6 Å². The quantitative estimate of drug-likeness (QED) is 0.877. The highest BCUT2D eigenvalue weighted by atomic mass is 35.5. The Morgan fingerprint density at radius 3 is 2.75 bits per heavy atom. The van der Waals surface area contributed by atoms with Gasteiger partial charge in [-0.25, -0.2) is 4.98 Å². The molecule has 0 unspecified atom stereocenters. The number of anilines is 1. The Morgan fingerprint density at radius 2 is 2.10 bits per heavy atom. The van der Waals surface area contributed by atoms with Crippen LogP contribution in [0.3, 0.4) is 0 Å². The van der Waals surface area contributed by atoms with E-state index < -0.39 is 5.60 Å². The van der Waals surface area contributed by atoms with E-state index in [9.17, 15) is 5.11 Å². The van der Waals surface area contributed by atoms with Gasteiger partial charge in [-0.1, -0.05) is 18.5 Å². The fraction of sp³-hybridized carbons (Fsp3) is 0.667. The highest BCUT2D eigenvalue weighted by Crippen LogP contribution is 2.24. The summed E-state index contributed by atoms with van der Waals surface area (Å²) in [6, 6.07) is 3.82. The van der Waals surface area contributed by atoms with Gasteiger partial charge < -0.3 is 10.4 Å². The Bertz CT molecular complexity index is 441. The minimum Gasteiger partial charge on any atom is -0.390 e. The molecule has 1 saturated heterocycles. The molecule has 2 N–H and O–H groups in total. The van der Waals surface area contributed by atoms with Crippen molar-refractivity contribution in [1.82, 2.24) is 9.88 Å². The SMILES string of the molecule is CCCNc1ccc(Cl)c(CN2CCC(C)(O)CC2)n1. The summed E-state index contributed by atoms with van der Waals surface area (Å²) in [5.74, 6) is 0.884. The van der Waals surface area contributed by atoms with E-state index in [0.29, 0.717) is 5.02 Å². The van der Waals surface area contributed by atoms with Gasteiger partial charge >= 0.3 is 0 Å². The number of likely N-dealkylation sites (tertiary alicyclic amines) is 1. The number of hydrogen-bond acceptors (Lipinski definition) is 4. The Balaban J connectivity index is 1.98. The maximum atomic E-state index is 9.98. The van der Waals surface area contributed by atoms with Crippen LogP contribution in [0.1, 0.15) is 38.8 Å². The molecule has 0 spiro atoms. The highest BCUT2D eigenvalue weighted by molar-refractivity contribution is 6.31. The summed E-state index contributed by atoms with van der Waals surface area (Å²) in [6.07, 6.45) is 2.68. The lowest BCUT2D eigenvalue weighted by molar-refractivity contribution is -0.00755. The van der Waals surface area contributed by atoms with E-state index in [-0.39, 0.29) is 0 Å². The lowest BCUT2D eigenvalue weighted by Crippen LogP contribution is -2.42. The zero-order chi connectivity index (χ0) is 14.6. The predicted molar refractivity (Wildman–Crippen MR) is 83.2 cm³/mol. The van der Waals surface area contributed by atoms with Crippen molar-refractivity contribution in [1.29, 1.82) is 0 Å². The molecule has 5 heteroatoms. The molecule has 4 nitrogen and oxygen atoms in total. The lowest BCUT2D eigenvalue weighted by atomic mass is 9.94. The zero-order valence-electron chi connectivity index (χ0n) is 12.3. The molecule has 0 aromatic carbocycles. The fourth-order valence-electron chi connectivity index (χ4n) is 2.35. The molecule has 1 aliphatic heterocycles. The third kappa shape index (κ3) is 4.33. The van der Waals surface area contributed by atoms with Gasteiger partial charge in [0.1, 0.15) is 5.82 Å². The fourth-order valence-corrected chi connectivity index (χ4v) is 2.52. The van der Waals surface area contributed by atoms with Crippen molar-refractivity contribution in [3.8, 4) is 0 Å². The highest BCUT2D eigenvalue weighted by Gasteiger charge is 2.27. The number of nitrogens with one attached hydrogen (secondary N) is 1. The van der Waals surface area contributed by atoms with E-state index in [4.69, 9.17) is 11.6 Å². The van der Waals surface area contributed by atoms with E-state index in [2.05, 4.69) is 22.1 Å². The second-order valence-electron chi connectivity index (χ2n) is 5.82. The van der Waals surface area contributed by atoms with Crippen LogP contribution in [-0.2, 0) is 6.54 Å². The molecule has 2 heterocycles. The molecule has 1 aliphatic rings. The summed E-state index contributed by atoms with van der Waals surface area (Å²) in [5.41, 5.74) is 0.396. The van der Waals surface area contributed by atoms with Crippen molar-refractivity contribution in [2.75, 3.05) is 25.0 Å². The van der Waals surface area contributed by atoms with E-state index in [1.165, 1.54) is 0 Å². The first kappa shape index (κ1) is 15.5. The third-order valence-electron chi connectivity index (χ3n) is 3.78. The first-order valence-electron chi connectivity index (χ1n) is 7.34. The van der Waals surface area contributed by atoms with Crippen LogP contribution in [0.2, 0.25) is 5.02 Å². The number of halogens is 1. The molecule has 0 aliphatic carbocycles. The molecule has 112 valence electrons. The van der Waals surface area contributed by atoms with E-state index in [1.54, 1.807) is 0 Å². The van der Waals surface area contributed by atoms with Crippen molar-refractivity contribution in [3.05, 3.63) is 22.8 Å². The summed E-state index contributed by atoms with van der Waals surface area (Å²) in [4.78, 5) is 6.89. The van der Waals surface area contributed by atoms with Gasteiger partial charge in [-0.15, -0.1) is 0 Å². The first-order chi connectivity index (χ1) is 9.50. The Morgan fingerprint density at radius 1 is 1.40 bits per heavy atom. The summed E-state index contributed by atoms with van der Waals surface area (Å²) < 4.78 is 0. The van der Waals surface area contributed by atoms with Crippen molar-refractivity contribution in [2.24, 2.45) is 0 Å². The maximum Gasteiger partial charge on any atom is 0.126 e. The molecule has 0 atom stereocenters. The second-order valence-corrected chi connectivity index (χ2v) is 6.23. The average Bonchev–Trinajstić information content (AvgIpc) is 2.42. The van der Waals surface area contributed by atoms with Crippen LogP contribution < -0.4 is 5.32 Å². The first-order valence-corrected chi connectivity index (χ1v) is 7.72. The molecule has 0 bridgehead atoms. The van der Waals surface area contributed by atoms with Gasteiger partial charge in [-0.05, 0) is 38.3 Å². The van der Waals surface area contributed by atoms with E-state index in [1.807, 2.05) is 19.1 Å². The molecule has 1 aromatic heterocycles. The normalized spacial score (nSPS) is 19.0. The van der Waals surface area contributed by atoms with Gasteiger partial charge in [-0.3, -0.25) is 4.90 Å². The minimum atomic E-state index is -0.516. The largest absolute Gasteiger partial charge is 0.390 e. The van der Waals surface area contributed by atoms with Crippen molar-refractivity contribution in [3.63, 3.8) is 0 Å². The van der Waals surface area contributed by atoms with Crippen LogP contribution in [0, 0.1) is 0 Å². The topological polar surface area (TPSA) is 48.4 Å². The van der Waals surface area contributed by atoms with Crippen LogP contribution in [-0.4, -0.2) is 40.2 Å². The molecular weight excluding hydrogens is 274 g/mol. The number of hydrogen-bond donors (Lipinski definition) is 2. The molecule has 0 saturated carbocycles. The van der Waals surface area contributed by atoms with Crippen molar-refractivity contribution in [2.45, 2.75) is 45.3 Å². The van der Waals surface area contributed by atoms with Crippen LogP contribution in [0.15, 0.2) is 12.1 Å². The zero-order valence-corrected chi connectivity index (χ0v) is 13.1. The molecule has 1 aromatic rings. The summed E-state index contributed by atoms with van der Waals surface area (Å²) >= 11 is 6.24. The summed E-state index contributed by atoms with van der Waals surface area (Å²) in [7, 11) is 0. The standard InChI is InChI=1S/C15H24ClN3O/c1-3-8-17-14-5-4-12(16)13(18-14)11-19-9-6-15(2,20)7-10-19/h4-5,20H,3,6-11H2,1-2H3,(H,17,18). The molecule has 2 rings (SSSR count). The number of aromatic nitrogens is 1. The van der Waals surface area contributed by atoms with Gasteiger partial charge in [0.2, 0.25) is 0 Å². The number of piperidine rings is 1. The monoisotopic (exact) mass is 297 g/mol. The van der Waals surface area contributed by atoms with Gasteiger partial charge in [0.25, 0.3) is 0 Å². The van der Waals surface area contributed by atoms with Crippen LogP contribution in [0.5, 0.6) is 0 Å². The Hall–Kier alpha value is -0.840. The molecule has 1 fully saturated rings. The Labute approximate surface area is 126 Å². The van der Waals surface area contributed by atoms with Gasteiger partial charge in [0.05, 0.1) is 16.3 Å². The molecule has 0 amide bonds. The predicted octanol–water partition coefficient (Wildman–Crippen LogP) is 2.90. The molecular formula is C15H24ClN3O. The summed E-state index contributed by atoms with van der Waals surface area (Å²) in [6.45, 7) is 7.47. The maximum absolute atomic E-state index is 9.98. The van der Waals surface area contributed by atoms with Crippen molar-refractivity contribution >= 4 is 17.4 Å². The van der Waals surface area contributed by atoms with Gasteiger partial charge in [0.15, 0.2) is 0 Å². The average molecular weight is 298 g/mol. The van der Waals surface area contributed by atoms with Crippen molar-refractivity contribution < 1.29 is 5.11 Å². The number of nitrogens with zero attached hydrogens (tertiary/aromatic N) is 2. The smallest absolute Gasteiger partial charge is 0.126 e. The lowest BCUT2D eigenvalue weighted by Gasteiger charge is -2.35. The minimum absolute atomic E-state index is 0.516. The molecule has 20 heavy (non-hydrogen) atoms. The Kier molecular flexibility index (Phi) is 5.24. The van der Waals surface area contributed by atoms with E-state index >= 15 is 0 Å². The van der Waals surface area contributed by atoms with Gasteiger partial charge in [0, 0.05) is 26.2 Å².